The molecule has 0 saturated carbocycles. The molecule has 2 N–H and O–H groups in total. The zero-order valence-corrected chi connectivity index (χ0v) is 16.0. The summed E-state index contributed by atoms with van der Waals surface area (Å²) >= 11 is 7.86. The Hall–Kier alpha value is -2.00. The van der Waals surface area contributed by atoms with E-state index in [1.54, 1.807) is 11.8 Å². The first-order valence-electron chi connectivity index (χ1n) is 8.84. The van der Waals surface area contributed by atoms with Crippen molar-refractivity contribution < 1.29 is 0 Å². The summed E-state index contributed by atoms with van der Waals surface area (Å²) in [5.41, 5.74) is 7.20. The first kappa shape index (κ1) is 17.4. The first-order valence-corrected chi connectivity index (χ1v) is 10.0. The number of fused-ring (bicyclic) bond motifs is 2. The highest BCUT2D eigenvalue weighted by molar-refractivity contribution is 7.99. The van der Waals surface area contributed by atoms with Gasteiger partial charge in [-0.1, -0.05) is 71.9 Å². The molecule has 1 nitrogen and oxygen atoms in total. The van der Waals surface area contributed by atoms with Crippen molar-refractivity contribution in [3.05, 3.63) is 83.4 Å². The fraction of sp³-hybridized carbons (Fsp3) is 0.130. The van der Waals surface area contributed by atoms with E-state index in [1.807, 2.05) is 12.1 Å². The Bertz CT molecular complexity index is 1000. The van der Waals surface area contributed by atoms with Crippen molar-refractivity contribution in [2.75, 3.05) is 6.54 Å². The van der Waals surface area contributed by atoms with E-state index in [1.165, 1.54) is 36.9 Å². The highest BCUT2D eigenvalue weighted by Crippen LogP contribution is 2.42. The molecule has 4 rings (SSSR count). The maximum absolute atomic E-state index is 6.05. The van der Waals surface area contributed by atoms with Gasteiger partial charge in [-0.15, -0.1) is 0 Å². The summed E-state index contributed by atoms with van der Waals surface area (Å²) in [5, 5.41) is 6.03. The second-order valence-corrected chi connectivity index (χ2v) is 7.87. The number of nitrogens with two attached hydrogens (primary N) is 1. The fourth-order valence-corrected chi connectivity index (χ4v) is 4.67. The summed E-state index contributed by atoms with van der Waals surface area (Å²) in [7, 11) is 0. The maximum Gasteiger partial charge on any atom is 0.0406 e. The van der Waals surface area contributed by atoms with Gasteiger partial charge >= 0.3 is 0 Å². The molecule has 0 heterocycles. The quantitative estimate of drug-likeness (QED) is 0.392. The number of rotatable bonds is 5. The number of hydrogen-bond acceptors (Lipinski definition) is 2. The summed E-state index contributed by atoms with van der Waals surface area (Å²) in [5.74, 6) is 0. The highest BCUT2D eigenvalue weighted by Gasteiger charge is 2.14. The molecular weight excluding hydrogens is 358 g/mol. The third kappa shape index (κ3) is 3.33. The van der Waals surface area contributed by atoms with Gasteiger partial charge in [0.15, 0.2) is 0 Å². The van der Waals surface area contributed by atoms with Crippen LogP contribution in [-0.2, 0) is 6.42 Å². The molecule has 0 fully saturated rings. The van der Waals surface area contributed by atoms with Crippen molar-refractivity contribution in [2.45, 2.75) is 22.6 Å². The molecule has 0 aliphatic heterocycles. The van der Waals surface area contributed by atoms with Crippen LogP contribution in [0, 0.1) is 0 Å². The average Bonchev–Trinajstić information content (AvgIpc) is 2.69. The fourth-order valence-electron chi connectivity index (χ4n) is 3.46. The summed E-state index contributed by atoms with van der Waals surface area (Å²) in [6.45, 7) is 0.712. The van der Waals surface area contributed by atoms with E-state index >= 15 is 0 Å². The highest BCUT2D eigenvalue weighted by atomic mass is 35.5. The molecule has 4 aromatic carbocycles. The summed E-state index contributed by atoms with van der Waals surface area (Å²) in [6, 6.07) is 25.5. The van der Waals surface area contributed by atoms with E-state index in [0.717, 1.165) is 17.9 Å². The minimum absolute atomic E-state index is 0.712. The van der Waals surface area contributed by atoms with E-state index in [9.17, 15) is 0 Å². The maximum atomic E-state index is 6.05. The monoisotopic (exact) mass is 377 g/mol. The number of benzene rings is 4. The normalized spacial score (nSPS) is 11.3. The SMILES string of the molecule is NCCCc1c2ccccc2c(Sc2ccc(Cl)cc2)c2ccccc12. The second-order valence-electron chi connectivity index (χ2n) is 6.35. The topological polar surface area (TPSA) is 26.0 Å². The van der Waals surface area contributed by atoms with E-state index in [-0.39, 0.29) is 0 Å². The molecule has 26 heavy (non-hydrogen) atoms. The Labute approximate surface area is 163 Å². The number of hydrogen-bond donors (Lipinski definition) is 1. The van der Waals surface area contributed by atoms with Crippen molar-refractivity contribution in [3.8, 4) is 0 Å². The van der Waals surface area contributed by atoms with Crippen LogP contribution in [0.3, 0.4) is 0 Å². The van der Waals surface area contributed by atoms with Gasteiger partial charge in [0.25, 0.3) is 0 Å². The van der Waals surface area contributed by atoms with E-state index < -0.39 is 0 Å². The molecule has 0 aromatic heterocycles. The predicted octanol–water partition coefficient (Wildman–Crippen LogP) is 6.69. The van der Waals surface area contributed by atoms with Gasteiger partial charge in [-0.2, -0.15) is 0 Å². The van der Waals surface area contributed by atoms with Gasteiger partial charge in [-0.3, -0.25) is 0 Å². The largest absolute Gasteiger partial charge is 0.330 e. The number of aryl methyl sites for hydroxylation is 1. The lowest BCUT2D eigenvalue weighted by Crippen LogP contribution is -2.01. The lowest BCUT2D eigenvalue weighted by molar-refractivity contribution is 0.841. The average molecular weight is 378 g/mol. The molecule has 0 amide bonds. The lowest BCUT2D eigenvalue weighted by Gasteiger charge is -2.16. The van der Waals surface area contributed by atoms with Crippen LogP contribution >= 0.6 is 23.4 Å². The zero-order chi connectivity index (χ0) is 17.9. The third-order valence-electron chi connectivity index (χ3n) is 4.66. The third-order valence-corrected chi connectivity index (χ3v) is 6.06. The molecule has 0 unspecified atom stereocenters. The van der Waals surface area contributed by atoms with Crippen LogP contribution in [-0.4, -0.2) is 6.54 Å². The molecule has 4 aromatic rings. The molecule has 0 spiro atoms. The summed E-state index contributed by atoms with van der Waals surface area (Å²) in [4.78, 5) is 2.49. The van der Waals surface area contributed by atoms with Gasteiger partial charge in [0.05, 0.1) is 0 Å². The van der Waals surface area contributed by atoms with Crippen LogP contribution in [0.1, 0.15) is 12.0 Å². The van der Waals surface area contributed by atoms with Crippen molar-refractivity contribution in [3.63, 3.8) is 0 Å². The minimum atomic E-state index is 0.712. The van der Waals surface area contributed by atoms with Gasteiger partial charge in [0.1, 0.15) is 0 Å². The molecular formula is C23H20ClNS. The van der Waals surface area contributed by atoms with E-state index in [2.05, 4.69) is 60.7 Å². The van der Waals surface area contributed by atoms with Crippen LogP contribution in [0.25, 0.3) is 21.5 Å². The van der Waals surface area contributed by atoms with Gasteiger partial charge < -0.3 is 5.73 Å². The van der Waals surface area contributed by atoms with Crippen molar-refractivity contribution >= 4 is 44.9 Å². The molecule has 0 saturated heterocycles. The Morgan fingerprint density at radius 2 is 1.27 bits per heavy atom. The van der Waals surface area contributed by atoms with Crippen molar-refractivity contribution in [2.24, 2.45) is 5.73 Å². The van der Waals surface area contributed by atoms with Crippen LogP contribution in [0.15, 0.2) is 82.6 Å². The smallest absolute Gasteiger partial charge is 0.0406 e. The molecule has 0 atom stereocenters. The molecule has 0 radical (unpaired) electrons. The van der Waals surface area contributed by atoms with Crippen LogP contribution in [0.5, 0.6) is 0 Å². The Balaban J connectivity index is 1.97. The van der Waals surface area contributed by atoms with Crippen LogP contribution in [0.4, 0.5) is 0 Å². The molecule has 0 aliphatic carbocycles. The Morgan fingerprint density at radius 1 is 0.731 bits per heavy atom. The van der Waals surface area contributed by atoms with Gasteiger partial charge in [0, 0.05) is 14.8 Å². The molecule has 3 heteroatoms. The first-order chi connectivity index (χ1) is 12.8. The molecule has 0 aliphatic rings. The van der Waals surface area contributed by atoms with Gasteiger partial charge in [0.2, 0.25) is 0 Å². The van der Waals surface area contributed by atoms with Gasteiger partial charge in [-0.05, 0) is 70.8 Å². The number of halogens is 1. The predicted molar refractivity (Wildman–Crippen MR) is 114 cm³/mol. The molecule has 0 bridgehead atoms. The van der Waals surface area contributed by atoms with Crippen LogP contribution in [0.2, 0.25) is 5.02 Å². The van der Waals surface area contributed by atoms with Crippen molar-refractivity contribution in [1.82, 2.24) is 0 Å². The van der Waals surface area contributed by atoms with Gasteiger partial charge in [-0.25, -0.2) is 0 Å². The zero-order valence-electron chi connectivity index (χ0n) is 14.4. The second kappa shape index (κ2) is 7.71. The van der Waals surface area contributed by atoms with E-state index in [4.69, 9.17) is 17.3 Å². The Morgan fingerprint density at radius 3 is 1.81 bits per heavy atom. The van der Waals surface area contributed by atoms with Crippen LogP contribution < -0.4 is 5.73 Å². The summed E-state index contributed by atoms with van der Waals surface area (Å²) in [6.07, 6.45) is 2.00. The standard InChI is InChI=1S/C23H20ClNS/c24-16-11-13-17(14-12-16)26-23-21-8-3-1-6-19(21)18(10-5-15-25)20-7-2-4-9-22(20)23/h1-4,6-9,11-14H,5,10,15,25H2. The lowest BCUT2D eigenvalue weighted by atomic mass is 9.94. The summed E-state index contributed by atoms with van der Waals surface area (Å²) < 4.78 is 0. The Kier molecular flexibility index (Phi) is 5.16. The van der Waals surface area contributed by atoms with E-state index in [0.29, 0.717) is 6.54 Å². The molecule has 130 valence electrons. The minimum Gasteiger partial charge on any atom is -0.330 e. The van der Waals surface area contributed by atoms with Crippen molar-refractivity contribution in [1.29, 1.82) is 0 Å².